The molecule has 0 bridgehead atoms. The molecule has 1 aliphatic rings. The van der Waals surface area contributed by atoms with E-state index in [1.807, 2.05) is 13.8 Å². The quantitative estimate of drug-likeness (QED) is 0.868. The van der Waals surface area contributed by atoms with Gasteiger partial charge in [0.1, 0.15) is 0 Å². The van der Waals surface area contributed by atoms with Gasteiger partial charge in [0.25, 0.3) is 0 Å². The van der Waals surface area contributed by atoms with Crippen LogP contribution in [0.4, 0.5) is 10.5 Å². The number of urea groups is 1. The molecule has 0 radical (unpaired) electrons. The Morgan fingerprint density at radius 3 is 2.73 bits per heavy atom. The zero-order chi connectivity index (χ0) is 15.9. The minimum Gasteiger partial charge on any atom is -0.462 e. The van der Waals surface area contributed by atoms with Gasteiger partial charge in [0, 0.05) is 18.8 Å². The van der Waals surface area contributed by atoms with Gasteiger partial charge in [0.2, 0.25) is 0 Å². The number of benzene rings is 1. The molecule has 1 fully saturated rings. The Balaban J connectivity index is 1.90. The van der Waals surface area contributed by atoms with Crippen molar-refractivity contribution in [1.29, 1.82) is 0 Å². The van der Waals surface area contributed by atoms with Gasteiger partial charge in [0.05, 0.1) is 24.9 Å². The summed E-state index contributed by atoms with van der Waals surface area (Å²) in [6, 6.07) is 6.54. The summed E-state index contributed by atoms with van der Waals surface area (Å²) in [4.78, 5) is 25.5. The van der Waals surface area contributed by atoms with Crippen LogP contribution in [0, 0.1) is 0 Å². The van der Waals surface area contributed by atoms with Crippen molar-refractivity contribution in [3.05, 3.63) is 29.8 Å². The number of nitrogens with one attached hydrogen (secondary N) is 1. The summed E-state index contributed by atoms with van der Waals surface area (Å²) in [5.41, 5.74) is 1.13. The first kappa shape index (κ1) is 16.3. The zero-order valence-electron chi connectivity index (χ0n) is 13.0. The van der Waals surface area contributed by atoms with Gasteiger partial charge in [-0.05, 0) is 37.6 Å². The van der Waals surface area contributed by atoms with Crippen LogP contribution in [-0.2, 0) is 9.47 Å². The number of hydrogen-bond donors (Lipinski definition) is 1. The average molecular weight is 306 g/mol. The summed E-state index contributed by atoms with van der Waals surface area (Å²) in [7, 11) is 0. The first-order chi connectivity index (χ1) is 10.6. The molecule has 0 spiro atoms. The maximum atomic E-state index is 12.1. The van der Waals surface area contributed by atoms with Gasteiger partial charge < -0.3 is 19.7 Å². The molecule has 2 rings (SSSR count). The predicted molar refractivity (Wildman–Crippen MR) is 83.0 cm³/mol. The number of carbonyl (C=O) groups excluding carboxylic acids is 2. The van der Waals surface area contributed by atoms with Crippen molar-refractivity contribution in [2.24, 2.45) is 0 Å². The number of ether oxygens (including phenoxy) is 2. The van der Waals surface area contributed by atoms with Crippen molar-refractivity contribution in [3.8, 4) is 0 Å². The van der Waals surface area contributed by atoms with Gasteiger partial charge in [-0.25, -0.2) is 9.59 Å². The lowest BCUT2D eigenvalue weighted by atomic mass is 10.2. The molecule has 6 nitrogen and oxygen atoms in total. The second-order valence-electron chi connectivity index (χ2n) is 5.27. The lowest BCUT2D eigenvalue weighted by molar-refractivity contribution is -0.00138. The molecule has 1 atom stereocenters. The van der Waals surface area contributed by atoms with Gasteiger partial charge in [-0.15, -0.1) is 0 Å². The summed E-state index contributed by atoms with van der Waals surface area (Å²) in [6.45, 7) is 6.00. The summed E-state index contributed by atoms with van der Waals surface area (Å²) in [6.07, 6.45) is 0.841. The Morgan fingerprint density at radius 2 is 2.09 bits per heavy atom. The van der Waals surface area contributed by atoms with Crippen molar-refractivity contribution >= 4 is 17.7 Å². The standard InChI is InChI=1S/C16H22N2O4/c1-3-9-22-15(19)13-4-6-14(7-5-13)17-16(20)18-8-10-21-12(2)11-18/h4-7,12H,3,8-11H2,1-2H3,(H,17,20)/t12-/m1/s1. The van der Waals surface area contributed by atoms with Crippen LogP contribution in [0.2, 0.25) is 0 Å². The highest BCUT2D eigenvalue weighted by molar-refractivity contribution is 5.92. The summed E-state index contributed by atoms with van der Waals surface area (Å²) >= 11 is 0. The topological polar surface area (TPSA) is 67.9 Å². The van der Waals surface area contributed by atoms with Crippen LogP contribution in [0.3, 0.4) is 0 Å². The Bertz CT molecular complexity index is 515. The molecule has 2 amide bonds. The van der Waals surface area contributed by atoms with E-state index in [0.29, 0.717) is 37.6 Å². The average Bonchev–Trinajstić information content (AvgIpc) is 2.53. The van der Waals surface area contributed by atoms with Crippen molar-refractivity contribution in [1.82, 2.24) is 4.90 Å². The number of esters is 1. The monoisotopic (exact) mass is 306 g/mol. The third kappa shape index (κ3) is 4.46. The van der Waals surface area contributed by atoms with Crippen molar-refractivity contribution in [3.63, 3.8) is 0 Å². The lowest BCUT2D eigenvalue weighted by Gasteiger charge is -2.31. The number of hydrogen-bond acceptors (Lipinski definition) is 4. The molecule has 1 N–H and O–H groups in total. The van der Waals surface area contributed by atoms with Crippen LogP contribution in [0.25, 0.3) is 0 Å². The molecule has 0 unspecified atom stereocenters. The SMILES string of the molecule is CCCOC(=O)c1ccc(NC(=O)N2CCO[C@H](C)C2)cc1. The molecular formula is C16H22N2O4. The zero-order valence-corrected chi connectivity index (χ0v) is 13.0. The normalized spacial score (nSPS) is 17.9. The van der Waals surface area contributed by atoms with Crippen molar-refractivity contribution in [2.75, 3.05) is 31.6 Å². The largest absolute Gasteiger partial charge is 0.462 e. The molecule has 1 aromatic rings. The number of anilines is 1. The minimum atomic E-state index is -0.346. The van der Waals surface area contributed by atoms with Gasteiger partial charge in [-0.3, -0.25) is 0 Å². The maximum absolute atomic E-state index is 12.1. The number of morpholine rings is 1. The van der Waals surface area contributed by atoms with Crippen molar-refractivity contribution < 1.29 is 19.1 Å². The van der Waals surface area contributed by atoms with E-state index < -0.39 is 0 Å². The third-order valence-electron chi connectivity index (χ3n) is 3.34. The molecule has 1 aliphatic heterocycles. The predicted octanol–water partition coefficient (Wildman–Crippen LogP) is 2.51. The third-order valence-corrected chi connectivity index (χ3v) is 3.34. The van der Waals surface area contributed by atoms with E-state index in [1.165, 1.54) is 0 Å². The van der Waals surface area contributed by atoms with Crippen LogP contribution in [0.1, 0.15) is 30.6 Å². The highest BCUT2D eigenvalue weighted by Crippen LogP contribution is 2.13. The highest BCUT2D eigenvalue weighted by Gasteiger charge is 2.21. The first-order valence-electron chi connectivity index (χ1n) is 7.55. The summed E-state index contributed by atoms with van der Waals surface area (Å²) < 4.78 is 10.5. The number of rotatable bonds is 4. The molecule has 120 valence electrons. The van der Waals surface area contributed by atoms with E-state index in [4.69, 9.17) is 9.47 Å². The van der Waals surface area contributed by atoms with Gasteiger partial charge in [-0.2, -0.15) is 0 Å². The second-order valence-corrected chi connectivity index (χ2v) is 5.27. The van der Waals surface area contributed by atoms with Crippen LogP contribution >= 0.6 is 0 Å². The first-order valence-corrected chi connectivity index (χ1v) is 7.55. The van der Waals surface area contributed by atoms with E-state index >= 15 is 0 Å². The fourth-order valence-electron chi connectivity index (χ4n) is 2.17. The van der Waals surface area contributed by atoms with Crippen molar-refractivity contribution in [2.45, 2.75) is 26.4 Å². The Hall–Kier alpha value is -2.08. The molecule has 22 heavy (non-hydrogen) atoms. The molecule has 0 aliphatic carbocycles. The lowest BCUT2D eigenvalue weighted by Crippen LogP contribution is -2.46. The molecule has 1 heterocycles. The van der Waals surface area contributed by atoms with Crippen LogP contribution in [-0.4, -0.2) is 49.3 Å². The Kier molecular flexibility index (Phi) is 5.77. The fourth-order valence-corrected chi connectivity index (χ4v) is 2.17. The van der Waals surface area contributed by atoms with E-state index in [9.17, 15) is 9.59 Å². The summed E-state index contributed by atoms with van der Waals surface area (Å²) in [5, 5.41) is 2.82. The van der Waals surface area contributed by atoms with E-state index in [1.54, 1.807) is 29.2 Å². The Morgan fingerprint density at radius 1 is 1.36 bits per heavy atom. The van der Waals surface area contributed by atoms with E-state index in [2.05, 4.69) is 5.32 Å². The van der Waals surface area contributed by atoms with Gasteiger partial charge in [-0.1, -0.05) is 6.92 Å². The smallest absolute Gasteiger partial charge is 0.338 e. The second kappa shape index (κ2) is 7.79. The number of amides is 2. The highest BCUT2D eigenvalue weighted by atomic mass is 16.5. The van der Waals surface area contributed by atoms with Gasteiger partial charge in [0.15, 0.2) is 0 Å². The molecular weight excluding hydrogens is 284 g/mol. The molecule has 6 heteroatoms. The fraction of sp³-hybridized carbons (Fsp3) is 0.500. The molecule has 1 saturated heterocycles. The van der Waals surface area contributed by atoms with Crippen LogP contribution in [0.5, 0.6) is 0 Å². The summed E-state index contributed by atoms with van der Waals surface area (Å²) in [5.74, 6) is -0.346. The van der Waals surface area contributed by atoms with Crippen LogP contribution < -0.4 is 5.32 Å². The van der Waals surface area contributed by atoms with Gasteiger partial charge >= 0.3 is 12.0 Å². The molecule has 0 saturated carbocycles. The Labute approximate surface area is 130 Å². The number of carbonyl (C=O) groups is 2. The van der Waals surface area contributed by atoms with E-state index in [-0.39, 0.29) is 18.1 Å². The maximum Gasteiger partial charge on any atom is 0.338 e. The molecule has 0 aromatic heterocycles. The van der Waals surface area contributed by atoms with E-state index in [0.717, 1.165) is 6.42 Å². The van der Waals surface area contributed by atoms with Crippen LogP contribution in [0.15, 0.2) is 24.3 Å². The number of nitrogens with zero attached hydrogens (tertiary/aromatic N) is 1. The minimum absolute atomic E-state index is 0.0511. The molecule has 1 aromatic carbocycles.